The predicted octanol–water partition coefficient (Wildman–Crippen LogP) is 0.736. The van der Waals surface area contributed by atoms with Gasteiger partial charge in [-0.3, -0.25) is 0 Å². The van der Waals surface area contributed by atoms with Gasteiger partial charge >= 0.3 is 0 Å². The minimum absolute atomic E-state index is 0.140. The Kier molecular flexibility index (Phi) is 3.72. The minimum Gasteiger partial charge on any atom is -0.394 e. The average molecular weight is 250 g/mol. The molecule has 0 radical (unpaired) electrons. The Bertz CT molecular complexity index is 458. The maximum Gasteiger partial charge on any atom is 0.175 e. The second-order valence-electron chi connectivity index (χ2n) is 3.24. The molecule has 4 nitrogen and oxygen atoms in total. The van der Waals surface area contributed by atoms with Crippen molar-refractivity contribution in [3.63, 3.8) is 0 Å². The molecule has 6 heteroatoms. The highest BCUT2D eigenvalue weighted by atomic mass is 35.5. The van der Waals surface area contributed by atoms with Gasteiger partial charge in [0, 0.05) is 11.3 Å². The number of sulfone groups is 1. The molecule has 0 aliphatic rings. The smallest absolute Gasteiger partial charge is 0.175 e. The van der Waals surface area contributed by atoms with Crippen LogP contribution in [-0.2, 0) is 9.84 Å². The summed E-state index contributed by atoms with van der Waals surface area (Å²) in [6, 6.07) is 3.68. The van der Waals surface area contributed by atoms with Crippen molar-refractivity contribution in [2.75, 3.05) is 12.9 Å². The van der Waals surface area contributed by atoms with Crippen LogP contribution in [-0.4, -0.2) is 26.4 Å². The van der Waals surface area contributed by atoms with E-state index in [2.05, 4.69) is 0 Å². The molecule has 0 spiro atoms. The van der Waals surface area contributed by atoms with Crippen molar-refractivity contribution in [3.8, 4) is 0 Å². The molecule has 0 heterocycles. The number of nitrogens with two attached hydrogens (primary N) is 1. The number of halogens is 1. The molecule has 0 fully saturated rings. The van der Waals surface area contributed by atoms with Crippen LogP contribution in [0.5, 0.6) is 0 Å². The van der Waals surface area contributed by atoms with Crippen molar-refractivity contribution in [2.24, 2.45) is 5.73 Å². The third kappa shape index (κ3) is 2.92. The number of hydrogen-bond acceptors (Lipinski definition) is 4. The van der Waals surface area contributed by atoms with Gasteiger partial charge < -0.3 is 10.8 Å². The topological polar surface area (TPSA) is 80.4 Å². The van der Waals surface area contributed by atoms with Gasteiger partial charge in [-0.05, 0) is 17.7 Å². The molecule has 0 aromatic heterocycles. The van der Waals surface area contributed by atoms with E-state index in [1.807, 2.05) is 0 Å². The third-order valence-corrected chi connectivity index (χ3v) is 3.43. The van der Waals surface area contributed by atoms with Crippen molar-refractivity contribution in [3.05, 3.63) is 28.8 Å². The summed E-state index contributed by atoms with van der Waals surface area (Å²) in [6.45, 7) is -0.238. The van der Waals surface area contributed by atoms with Crippen molar-refractivity contribution >= 4 is 21.4 Å². The summed E-state index contributed by atoms with van der Waals surface area (Å²) in [7, 11) is -3.26. The highest BCUT2D eigenvalue weighted by Crippen LogP contribution is 2.24. The zero-order valence-corrected chi connectivity index (χ0v) is 9.72. The van der Waals surface area contributed by atoms with Crippen LogP contribution in [0.2, 0.25) is 5.02 Å². The van der Waals surface area contributed by atoms with Crippen LogP contribution >= 0.6 is 11.6 Å². The third-order valence-electron chi connectivity index (χ3n) is 2.00. The zero-order chi connectivity index (χ0) is 11.6. The summed E-state index contributed by atoms with van der Waals surface area (Å²) in [6.07, 6.45) is 1.10. The lowest BCUT2D eigenvalue weighted by Gasteiger charge is -2.11. The normalized spacial score (nSPS) is 13.9. The summed E-state index contributed by atoms with van der Waals surface area (Å²) >= 11 is 5.85. The highest BCUT2D eigenvalue weighted by molar-refractivity contribution is 7.90. The van der Waals surface area contributed by atoms with E-state index < -0.39 is 15.9 Å². The molecule has 0 saturated carbocycles. The minimum atomic E-state index is -3.26. The lowest BCUT2D eigenvalue weighted by Crippen LogP contribution is -2.15. The van der Waals surface area contributed by atoms with Gasteiger partial charge in [0.25, 0.3) is 0 Å². The van der Waals surface area contributed by atoms with Gasteiger partial charge in [-0.25, -0.2) is 8.42 Å². The fourth-order valence-electron chi connectivity index (χ4n) is 1.14. The molecule has 0 saturated heterocycles. The van der Waals surface area contributed by atoms with Gasteiger partial charge in [-0.1, -0.05) is 17.7 Å². The van der Waals surface area contributed by atoms with Gasteiger partial charge in [-0.2, -0.15) is 0 Å². The van der Waals surface area contributed by atoms with E-state index in [4.69, 9.17) is 22.4 Å². The summed E-state index contributed by atoms with van der Waals surface area (Å²) in [5.74, 6) is 0. The second-order valence-corrected chi connectivity index (χ2v) is 5.67. The van der Waals surface area contributed by atoms with Crippen molar-refractivity contribution in [1.82, 2.24) is 0 Å². The predicted molar refractivity (Wildman–Crippen MR) is 58.6 cm³/mol. The molecule has 0 aliphatic heterocycles. The molecule has 1 aromatic rings. The molecule has 0 aliphatic carbocycles. The van der Waals surface area contributed by atoms with Crippen LogP contribution in [0, 0.1) is 0 Å². The standard InChI is InChI=1S/C9H12ClNO3S/c1-15(13,14)6-2-3-7(8(10)4-6)9(11)5-12/h2-4,9,12H,5,11H2,1H3/t9-/m1/s1. The maximum absolute atomic E-state index is 11.2. The Morgan fingerprint density at radius 2 is 2.13 bits per heavy atom. The molecule has 84 valence electrons. The molecular formula is C9H12ClNO3S. The molecule has 3 N–H and O–H groups in total. The van der Waals surface area contributed by atoms with Crippen molar-refractivity contribution < 1.29 is 13.5 Å². The van der Waals surface area contributed by atoms with Crippen molar-refractivity contribution in [1.29, 1.82) is 0 Å². The first-order valence-corrected chi connectivity index (χ1v) is 6.49. The fourth-order valence-corrected chi connectivity index (χ4v) is 2.17. The lowest BCUT2D eigenvalue weighted by atomic mass is 10.1. The van der Waals surface area contributed by atoms with Crippen LogP contribution in [0.15, 0.2) is 23.1 Å². The van der Waals surface area contributed by atoms with E-state index in [0.29, 0.717) is 5.56 Å². The summed E-state index contributed by atoms with van der Waals surface area (Å²) < 4.78 is 22.4. The molecule has 0 amide bonds. The molecule has 1 atom stereocenters. The van der Waals surface area contributed by atoms with Gasteiger partial charge in [0.2, 0.25) is 0 Å². The fraction of sp³-hybridized carbons (Fsp3) is 0.333. The number of aliphatic hydroxyl groups excluding tert-OH is 1. The summed E-state index contributed by atoms with van der Waals surface area (Å²) in [5, 5.41) is 9.09. The van der Waals surface area contributed by atoms with E-state index >= 15 is 0 Å². The van der Waals surface area contributed by atoms with Gasteiger partial charge in [-0.15, -0.1) is 0 Å². The Morgan fingerprint density at radius 3 is 2.53 bits per heavy atom. The number of hydrogen-bond donors (Lipinski definition) is 2. The monoisotopic (exact) mass is 249 g/mol. The summed E-state index contributed by atoms with van der Waals surface area (Å²) in [5.41, 5.74) is 6.10. The number of benzene rings is 1. The average Bonchev–Trinajstić information content (AvgIpc) is 2.15. The van der Waals surface area contributed by atoms with Gasteiger partial charge in [0.05, 0.1) is 17.5 Å². The first kappa shape index (κ1) is 12.4. The van der Waals surface area contributed by atoms with E-state index in [0.717, 1.165) is 6.26 Å². The molecule has 0 unspecified atom stereocenters. The second kappa shape index (κ2) is 4.49. The SMILES string of the molecule is CS(=O)(=O)c1ccc([C@H](N)CO)c(Cl)c1. The molecule has 15 heavy (non-hydrogen) atoms. The maximum atomic E-state index is 11.2. The van der Waals surface area contributed by atoms with E-state index in [1.165, 1.54) is 18.2 Å². The largest absolute Gasteiger partial charge is 0.394 e. The van der Waals surface area contributed by atoms with E-state index in [1.54, 1.807) is 0 Å². The van der Waals surface area contributed by atoms with Crippen LogP contribution in [0.3, 0.4) is 0 Å². The van der Waals surface area contributed by atoms with Crippen LogP contribution < -0.4 is 5.73 Å². The zero-order valence-electron chi connectivity index (χ0n) is 8.14. The Morgan fingerprint density at radius 1 is 1.53 bits per heavy atom. The number of aliphatic hydroxyl groups is 1. The molecule has 1 aromatic carbocycles. The number of rotatable bonds is 3. The van der Waals surface area contributed by atoms with Crippen LogP contribution in [0.1, 0.15) is 11.6 Å². The Balaban J connectivity index is 3.20. The lowest BCUT2D eigenvalue weighted by molar-refractivity contribution is 0.268. The van der Waals surface area contributed by atoms with E-state index in [9.17, 15) is 8.42 Å². The van der Waals surface area contributed by atoms with Crippen molar-refractivity contribution in [2.45, 2.75) is 10.9 Å². The summed E-state index contributed by atoms with van der Waals surface area (Å²) in [4.78, 5) is 0.140. The molecule has 1 rings (SSSR count). The molecular weight excluding hydrogens is 238 g/mol. The Hall–Kier alpha value is -0.620. The van der Waals surface area contributed by atoms with E-state index in [-0.39, 0.29) is 16.5 Å². The highest BCUT2D eigenvalue weighted by Gasteiger charge is 2.13. The van der Waals surface area contributed by atoms with Crippen LogP contribution in [0.25, 0.3) is 0 Å². The van der Waals surface area contributed by atoms with Gasteiger partial charge in [0.1, 0.15) is 0 Å². The quantitative estimate of drug-likeness (QED) is 0.828. The molecule has 0 bridgehead atoms. The van der Waals surface area contributed by atoms with Crippen LogP contribution in [0.4, 0.5) is 0 Å². The van der Waals surface area contributed by atoms with Gasteiger partial charge in [0.15, 0.2) is 9.84 Å². The first-order chi connectivity index (χ1) is 6.86. The first-order valence-electron chi connectivity index (χ1n) is 4.22. The Labute approximate surface area is 93.6 Å².